The van der Waals surface area contributed by atoms with Gasteiger partial charge >= 0.3 is 0 Å². The van der Waals surface area contributed by atoms with Gasteiger partial charge in [0.25, 0.3) is 0 Å². The lowest BCUT2D eigenvalue weighted by molar-refractivity contribution is -0.0367. The molecule has 0 amide bonds. The average molecular weight is 215 g/mol. The summed E-state index contributed by atoms with van der Waals surface area (Å²) in [6.45, 7) is 9.15. The highest BCUT2D eigenvalue weighted by molar-refractivity contribution is 4.75. The maximum absolute atomic E-state index is 5.87. The van der Waals surface area contributed by atoms with Crippen LogP contribution in [-0.4, -0.2) is 38.0 Å². The quantitative estimate of drug-likeness (QED) is 0.704. The van der Waals surface area contributed by atoms with Crippen LogP contribution in [0, 0.1) is 0 Å². The lowest BCUT2D eigenvalue weighted by Gasteiger charge is -2.16. The lowest BCUT2D eigenvalue weighted by atomic mass is 10.2. The Morgan fingerprint density at radius 1 is 1.33 bits per heavy atom. The Bertz CT molecular complexity index is 164. The van der Waals surface area contributed by atoms with Gasteiger partial charge in [0.05, 0.1) is 24.9 Å². The molecule has 3 nitrogen and oxygen atoms in total. The minimum absolute atomic E-state index is 0.322. The van der Waals surface area contributed by atoms with E-state index in [1.807, 2.05) is 0 Å². The molecule has 3 heteroatoms. The van der Waals surface area contributed by atoms with Crippen LogP contribution < -0.4 is 5.32 Å². The van der Waals surface area contributed by atoms with Crippen molar-refractivity contribution in [2.24, 2.45) is 0 Å². The standard InChI is InChI=1S/C12H25NO2/c1-4-10(3)14-9-12-7-6-11(15-12)8-13-5-2/h10-13H,4-9H2,1-3H3. The van der Waals surface area contributed by atoms with Gasteiger partial charge in [-0.25, -0.2) is 0 Å². The van der Waals surface area contributed by atoms with E-state index in [0.29, 0.717) is 18.3 Å². The Hall–Kier alpha value is -0.120. The van der Waals surface area contributed by atoms with Crippen molar-refractivity contribution in [2.75, 3.05) is 19.7 Å². The van der Waals surface area contributed by atoms with Crippen LogP contribution in [0.25, 0.3) is 0 Å². The molecule has 1 aliphatic heterocycles. The van der Waals surface area contributed by atoms with Crippen molar-refractivity contribution in [3.8, 4) is 0 Å². The van der Waals surface area contributed by atoms with Gasteiger partial charge in [0.15, 0.2) is 0 Å². The zero-order valence-electron chi connectivity index (χ0n) is 10.3. The summed E-state index contributed by atoms with van der Waals surface area (Å²) in [7, 11) is 0. The highest BCUT2D eigenvalue weighted by Crippen LogP contribution is 2.19. The molecule has 1 heterocycles. The van der Waals surface area contributed by atoms with Gasteiger partial charge in [0.1, 0.15) is 0 Å². The van der Waals surface area contributed by atoms with Crippen molar-refractivity contribution in [3.63, 3.8) is 0 Å². The van der Waals surface area contributed by atoms with Crippen LogP contribution in [0.3, 0.4) is 0 Å². The van der Waals surface area contributed by atoms with Crippen molar-refractivity contribution < 1.29 is 9.47 Å². The van der Waals surface area contributed by atoms with Crippen LogP contribution >= 0.6 is 0 Å². The molecule has 1 fully saturated rings. The van der Waals surface area contributed by atoms with Crippen molar-refractivity contribution in [2.45, 2.75) is 58.3 Å². The molecule has 1 N–H and O–H groups in total. The molecule has 0 radical (unpaired) electrons. The normalized spacial score (nSPS) is 28.2. The van der Waals surface area contributed by atoms with Gasteiger partial charge in [-0.2, -0.15) is 0 Å². The topological polar surface area (TPSA) is 30.5 Å². The first-order chi connectivity index (χ1) is 7.26. The van der Waals surface area contributed by atoms with Crippen molar-refractivity contribution in [3.05, 3.63) is 0 Å². The van der Waals surface area contributed by atoms with Gasteiger partial charge in [0, 0.05) is 6.54 Å². The predicted molar refractivity (Wildman–Crippen MR) is 62.1 cm³/mol. The summed E-state index contributed by atoms with van der Waals surface area (Å²) >= 11 is 0. The molecule has 0 saturated carbocycles. The first-order valence-electron chi connectivity index (χ1n) is 6.24. The molecule has 0 aromatic heterocycles. The second kappa shape index (κ2) is 7.20. The maximum atomic E-state index is 5.87. The Kier molecular flexibility index (Phi) is 6.22. The van der Waals surface area contributed by atoms with E-state index in [1.165, 1.54) is 6.42 Å². The number of likely N-dealkylation sites (N-methyl/N-ethyl adjacent to an activating group) is 1. The molecule has 3 atom stereocenters. The maximum Gasteiger partial charge on any atom is 0.0814 e. The van der Waals surface area contributed by atoms with Crippen molar-refractivity contribution >= 4 is 0 Å². The van der Waals surface area contributed by atoms with Gasteiger partial charge in [-0.3, -0.25) is 0 Å². The highest BCUT2D eigenvalue weighted by atomic mass is 16.5. The first kappa shape index (κ1) is 12.9. The van der Waals surface area contributed by atoms with Crippen LogP contribution in [-0.2, 0) is 9.47 Å². The fourth-order valence-corrected chi connectivity index (χ4v) is 1.75. The van der Waals surface area contributed by atoms with E-state index in [0.717, 1.165) is 32.5 Å². The third kappa shape index (κ3) is 4.96. The molecule has 15 heavy (non-hydrogen) atoms. The van der Waals surface area contributed by atoms with Crippen LogP contribution in [0.1, 0.15) is 40.0 Å². The molecule has 0 aromatic rings. The minimum Gasteiger partial charge on any atom is -0.376 e. The molecular weight excluding hydrogens is 190 g/mol. The average Bonchev–Trinajstić information content (AvgIpc) is 2.71. The van der Waals surface area contributed by atoms with Gasteiger partial charge in [-0.05, 0) is 32.7 Å². The third-order valence-corrected chi connectivity index (χ3v) is 2.96. The predicted octanol–water partition coefficient (Wildman–Crippen LogP) is 1.96. The molecule has 3 unspecified atom stereocenters. The summed E-state index contributed by atoms with van der Waals surface area (Å²) < 4.78 is 11.6. The van der Waals surface area contributed by atoms with E-state index in [1.54, 1.807) is 0 Å². The Balaban J connectivity index is 2.08. The van der Waals surface area contributed by atoms with E-state index >= 15 is 0 Å². The molecular formula is C12H25NO2. The summed E-state index contributed by atoms with van der Waals surface area (Å²) in [5.74, 6) is 0. The van der Waals surface area contributed by atoms with E-state index in [4.69, 9.17) is 9.47 Å². The van der Waals surface area contributed by atoms with Crippen molar-refractivity contribution in [1.82, 2.24) is 5.32 Å². The Morgan fingerprint density at radius 2 is 2.07 bits per heavy atom. The molecule has 0 aliphatic carbocycles. The largest absolute Gasteiger partial charge is 0.376 e. The number of ether oxygens (including phenoxy) is 2. The molecule has 0 bridgehead atoms. The molecule has 0 aromatic carbocycles. The third-order valence-electron chi connectivity index (χ3n) is 2.96. The van der Waals surface area contributed by atoms with E-state index in [-0.39, 0.29) is 0 Å². The molecule has 1 aliphatic rings. The van der Waals surface area contributed by atoms with Crippen LogP contribution in [0.2, 0.25) is 0 Å². The van der Waals surface area contributed by atoms with Crippen LogP contribution in [0.4, 0.5) is 0 Å². The summed E-state index contributed by atoms with van der Waals surface area (Å²) in [5.41, 5.74) is 0. The van der Waals surface area contributed by atoms with Gasteiger partial charge < -0.3 is 14.8 Å². The molecule has 0 spiro atoms. The minimum atomic E-state index is 0.322. The molecule has 1 saturated heterocycles. The summed E-state index contributed by atoms with van der Waals surface area (Å²) in [6.07, 6.45) is 4.47. The zero-order chi connectivity index (χ0) is 11.1. The van der Waals surface area contributed by atoms with E-state index in [2.05, 4.69) is 26.1 Å². The van der Waals surface area contributed by atoms with Crippen LogP contribution in [0.15, 0.2) is 0 Å². The smallest absolute Gasteiger partial charge is 0.0814 e. The number of hydrogen-bond donors (Lipinski definition) is 1. The van der Waals surface area contributed by atoms with Crippen molar-refractivity contribution in [1.29, 1.82) is 0 Å². The second-order valence-electron chi connectivity index (χ2n) is 4.32. The van der Waals surface area contributed by atoms with Gasteiger partial charge in [-0.1, -0.05) is 13.8 Å². The van der Waals surface area contributed by atoms with E-state index in [9.17, 15) is 0 Å². The fraction of sp³-hybridized carbons (Fsp3) is 1.00. The number of rotatable bonds is 7. The molecule has 90 valence electrons. The zero-order valence-corrected chi connectivity index (χ0v) is 10.3. The molecule has 1 rings (SSSR count). The number of nitrogens with one attached hydrogen (secondary N) is 1. The highest BCUT2D eigenvalue weighted by Gasteiger charge is 2.25. The fourth-order valence-electron chi connectivity index (χ4n) is 1.75. The number of hydrogen-bond acceptors (Lipinski definition) is 3. The van der Waals surface area contributed by atoms with E-state index < -0.39 is 0 Å². The Morgan fingerprint density at radius 3 is 2.73 bits per heavy atom. The second-order valence-corrected chi connectivity index (χ2v) is 4.32. The van der Waals surface area contributed by atoms with Gasteiger partial charge in [0.2, 0.25) is 0 Å². The summed E-state index contributed by atoms with van der Waals surface area (Å²) in [4.78, 5) is 0. The van der Waals surface area contributed by atoms with Crippen LogP contribution in [0.5, 0.6) is 0 Å². The van der Waals surface area contributed by atoms with Gasteiger partial charge in [-0.15, -0.1) is 0 Å². The summed E-state index contributed by atoms with van der Waals surface area (Å²) in [5, 5.41) is 3.32. The SMILES string of the molecule is CCNCC1CCC(COC(C)CC)O1. The lowest BCUT2D eigenvalue weighted by Crippen LogP contribution is -2.28. The summed E-state index contributed by atoms with van der Waals surface area (Å²) in [6, 6.07) is 0. The monoisotopic (exact) mass is 215 g/mol. The first-order valence-corrected chi connectivity index (χ1v) is 6.24. The Labute approximate surface area is 93.5 Å².